The van der Waals surface area contributed by atoms with Gasteiger partial charge in [0.25, 0.3) is 5.91 Å². The number of halogens is 3. The summed E-state index contributed by atoms with van der Waals surface area (Å²) in [5.74, 6) is -0.214. The fraction of sp³-hybridized carbons (Fsp3) is 0.167. The standard InChI is InChI=1S/C12H10Cl2IN3O/c1-6-7(5-17-18-6)4-16-12(19)9-2-8(13)3-10(14)11(9)15/h2-3,5H,4H2,1H3,(H,16,19)(H,17,18). The highest BCUT2D eigenvalue weighted by atomic mass is 127. The molecule has 0 atom stereocenters. The number of benzene rings is 1. The maximum absolute atomic E-state index is 12.1. The predicted molar refractivity (Wildman–Crippen MR) is 83.7 cm³/mol. The second-order valence-electron chi connectivity index (χ2n) is 3.95. The molecular weight excluding hydrogens is 400 g/mol. The van der Waals surface area contributed by atoms with Crippen molar-refractivity contribution in [2.45, 2.75) is 13.5 Å². The van der Waals surface area contributed by atoms with Gasteiger partial charge in [-0.3, -0.25) is 9.89 Å². The van der Waals surface area contributed by atoms with Gasteiger partial charge in [0, 0.05) is 26.4 Å². The van der Waals surface area contributed by atoms with Gasteiger partial charge in [-0.15, -0.1) is 0 Å². The van der Waals surface area contributed by atoms with E-state index in [1.54, 1.807) is 18.3 Å². The zero-order chi connectivity index (χ0) is 14.0. The quantitative estimate of drug-likeness (QED) is 0.601. The number of amides is 1. The second kappa shape index (κ2) is 6.11. The van der Waals surface area contributed by atoms with Gasteiger partial charge in [-0.2, -0.15) is 5.10 Å². The van der Waals surface area contributed by atoms with Crippen molar-refractivity contribution in [1.82, 2.24) is 15.5 Å². The molecule has 0 radical (unpaired) electrons. The minimum Gasteiger partial charge on any atom is -0.348 e. The summed E-state index contributed by atoms with van der Waals surface area (Å²) in [7, 11) is 0. The summed E-state index contributed by atoms with van der Waals surface area (Å²) < 4.78 is 0.685. The number of carbonyl (C=O) groups is 1. The third-order valence-electron chi connectivity index (χ3n) is 2.61. The molecule has 0 aliphatic rings. The van der Waals surface area contributed by atoms with Crippen LogP contribution in [0.5, 0.6) is 0 Å². The topological polar surface area (TPSA) is 57.8 Å². The van der Waals surface area contributed by atoms with Gasteiger partial charge in [-0.05, 0) is 41.6 Å². The molecule has 19 heavy (non-hydrogen) atoms. The van der Waals surface area contributed by atoms with Crippen LogP contribution in [-0.2, 0) is 6.54 Å². The minimum absolute atomic E-state index is 0.214. The number of aryl methyl sites for hydroxylation is 1. The number of hydrogen-bond donors (Lipinski definition) is 2. The maximum Gasteiger partial charge on any atom is 0.252 e. The molecule has 1 aromatic carbocycles. The number of nitrogens with one attached hydrogen (secondary N) is 2. The van der Waals surface area contributed by atoms with E-state index in [2.05, 4.69) is 15.5 Å². The van der Waals surface area contributed by atoms with Gasteiger partial charge >= 0.3 is 0 Å². The third kappa shape index (κ3) is 3.40. The first-order valence-corrected chi connectivity index (χ1v) is 7.24. The van der Waals surface area contributed by atoms with Crippen molar-refractivity contribution in [3.05, 3.63) is 48.8 Å². The Morgan fingerprint density at radius 1 is 1.47 bits per heavy atom. The van der Waals surface area contributed by atoms with E-state index in [1.165, 1.54) is 0 Å². The van der Waals surface area contributed by atoms with E-state index in [4.69, 9.17) is 23.2 Å². The summed E-state index contributed by atoms with van der Waals surface area (Å²) in [5, 5.41) is 10.4. The fourth-order valence-corrected chi connectivity index (χ4v) is 2.60. The number of carbonyl (C=O) groups excluding carboxylic acids is 1. The van der Waals surface area contributed by atoms with E-state index in [9.17, 15) is 4.79 Å². The van der Waals surface area contributed by atoms with Crippen LogP contribution in [0.1, 0.15) is 21.6 Å². The van der Waals surface area contributed by atoms with Crippen LogP contribution in [0.2, 0.25) is 10.0 Å². The van der Waals surface area contributed by atoms with Gasteiger partial charge in [-0.1, -0.05) is 23.2 Å². The normalized spacial score (nSPS) is 10.5. The SMILES string of the molecule is Cc1[nH]ncc1CNC(=O)c1cc(Cl)cc(Cl)c1I. The van der Waals surface area contributed by atoms with Crippen LogP contribution in [0.25, 0.3) is 0 Å². The second-order valence-corrected chi connectivity index (χ2v) is 5.87. The molecule has 7 heteroatoms. The lowest BCUT2D eigenvalue weighted by atomic mass is 10.2. The molecule has 0 saturated heterocycles. The van der Waals surface area contributed by atoms with Gasteiger partial charge in [0.15, 0.2) is 0 Å². The smallest absolute Gasteiger partial charge is 0.252 e. The Kier molecular flexibility index (Phi) is 4.70. The number of hydrogen-bond acceptors (Lipinski definition) is 2. The number of H-pyrrole nitrogens is 1. The Hall–Kier alpha value is -0.790. The van der Waals surface area contributed by atoms with Crippen molar-refractivity contribution in [2.24, 2.45) is 0 Å². The first-order chi connectivity index (χ1) is 8.99. The summed E-state index contributed by atoms with van der Waals surface area (Å²) in [6.45, 7) is 2.30. The molecule has 2 aromatic rings. The molecule has 0 fully saturated rings. The molecule has 1 aromatic heterocycles. The number of aromatic nitrogens is 2. The van der Waals surface area contributed by atoms with Crippen LogP contribution >= 0.6 is 45.8 Å². The zero-order valence-electron chi connectivity index (χ0n) is 9.93. The lowest BCUT2D eigenvalue weighted by Gasteiger charge is -2.08. The van der Waals surface area contributed by atoms with Crippen molar-refractivity contribution < 1.29 is 4.79 Å². The first-order valence-electron chi connectivity index (χ1n) is 5.40. The van der Waals surface area contributed by atoms with Crippen LogP contribution in [0.3, 0.4) is 0 Å². The average Bonchev–Trinajstić information content (AvgIpc) is 2.76. The van der Waals surface area contributed by atoms with E-state index in [0.717, 1.165) is 11.3 Å². The van der Waals surface area contributed by atoms with Crippen LogP contribution < -0.4 is 5.32 Å². The van der Waals surface area contributed by atoms with Gasteiger partial charge in [-0.25, -0.2) is 0 Å². The molecule has 4 nitrogen and oxygen atoms in total. The lowest BCUT2D eigenvalue weighted by Crippen LogP contribution is -2.24. The molecule has 0 spiro atoms. The van der Waals surface area contributed by atoms with Crippen LogP contribution in [0.4, 0.5) is 0 Å². The van der Waals surface area contributed by atoms with Crippen molar-refractivity contribution in [2.75, 3.05) is 0 Å². The van der Waals surface area contributed by atoms with Crippen molar-refractivity contribution in [1.29, 1.82) is 0 Å². The van der Waals surface area contributed by atoms with Gasteiger partial charge in [0.2, 0.25) is 0 Å². The van der Waals surface area contributed by atoms with E-state index in [-0.39, 0.29) is 5.91 Å². The number of aromatic amines is 1. The molecule has 0 saturated carbocycles. The molecular formula is C12H10Cl2IN3O. The van der Waals surface area contributed by atoms with E-state index >= 15 is 0 Å². The highest BCUT2D eigenvalue weighted by molar-refractivity contribution is 14.1. The summed E-state index contributed by atoms with van der Waals surface area (Å²) in [6, 6.07) is 3.22. The summed E-state index contributed by atoms with van der Waals surface area (Å²) in [4.78, 5) is 12.1. The van der Waals surface area contributed by atoms with Crippen LogP contribution in [0.15, 0.2) is 18.3 Å². The Morgan fingerprint density at radius 3 is 2.84 bits per heavy atom. The molecule has 1 amide bonds. The minimum atomic E-state index is -0.214. The Balaban J connectivity index is 2.15. The monoisotopic (exact) mass is 409 g/mol. The Morgan fingerprint density at radius 2 is 2.21 bits per heavy atom. The molecule has 100 valence electrons. The molecule has 2 N–H and O–H groups in total. The fourth-order valence-electron chi connectivity index (χ4n) is 1.55. The van der Waals surface area contributed by atoms with Gasteiger partial charge < -0.3 is 5.32 Å². The van der Waals surface area contributed by atoms with Crippen molar-refractivity contribution in [3.63, 3.8) is 0 Å². The lowest BCUT2D eigenvalue weighted by molar-refractivity contribution is 0.0950. The summed E-state index contributed by atoms with van der Waals surface area (Å²) in [5.41, 5.74) is 2.34. The van der Waals surface area contributed by atoms with E-state index < -0.39 is 0 Å². The summed E-state index contributed by atoms with van der Waals surface area (Å²) in [6.07, 6.45) is 1.69. The van der Waals surface area contributed by atoms with Gasteiger partial charge in [0.05, 0.1) is 16.8 Å². The highest BCUT2D eigenvalue weighted by Crippen LogP contribution is 2.26. The van der Waals surface area contributed by atoms with Gasteiger partial charge in [0.1, 0.15) is 0 Å². The molecule has 0 unspecified atom stereocenters. The van der Waals surface area contributed by atoms with E-state index in [0.29, 0.717) is 25.7 Å². The Bertz CT molecular complexity index is 627. The van der Waals surface area contributed by atoms with Crippen LogP contribution in [0, 0.1) is 10.5 Å². The largest absolute Gasteiger partial charge is 0.348 e. The molecule has 0 aliphatic heterocycles. The summed E-state index contributed by atoms with van der Waals surface area (Å²) >= 11 is 13.9. The average molecular weight is 410 g/mol. The maximum atomic E-state index is 12.1. The number of rotatable bonds is 3. The molecule has 1 heterocycles. The highest BCUT2D eigenvalue weighted by Gasteiger charge is 2.14. The third-order valence-corrected chi connectivity index (χ3v) is 4.61. The van der Waals surface area contributed by atoms with Crippen molar-refractivity contribution >= 4 is 51.7 Å². The van der Waals surface area contributed by atoms with Crippen molar-refractivity contribution in [3.8, 4) is 0 Å². The molecule has 2 rings (SSSR count). The molecule has 0 aliphatic carbocycles. The van der Waals surface area contributed by atoms with Crippen LogP contribution in [-0.4, -0.2) is 16.1 Å². The Labute approximate surface area is 134 Å². The number of nitrogens with zero attached hydrogens (tertiary/aromatic N) is 1. The van der Waals surface area contributed by atoms with E-state index in [1.807, 2.05) is 29.5 Å². The molecule has 0 bridgehead atoms. The predicted octanol–water partition coefficient (Wildman–Crippen LogP) is 3.56. The zero-order valence-corrected chi connectivity index (χ0v) is 13.6. The first kappa shape index (κ1) is 14.6.